The molecule has 0 aliphatic heterocycles. The number of rotatable bonds is 5. The quantitative estimate of drug-likeness (QED) is 0.340. The Morgan fingerprint density at radius 3 is 1.16 bits per heavy atom. The fraction of sp³-hybridized carbons (Fsp3) is 0.0357. The van der Waals surface area contributed by atoms with Gasteiger partial charge >= 0.3 is 0 Å². The van der Waals surface area contributed by atoms with Gasteiger partial charge in [0.05, 0.1) is 0 Å². The molecule has 1 aromatic heterocycles. The van der Waals surface area contributed by atoms with Crippen molar-refractivity contribution >= 4 is 0 Å². The molecule has 5 rings (SSSR count). The Bertz CT molecular complexity index is 1210. The lowest BCUT2D eigenvalue weighted by Gasteiger charge is -2.09. The Morgan fingerprint density at radius 2 is 0.710 bits per heavy atom. The first-order valence-electron chi connectivity index (χ1n) is 10.4. The van der Waals surface area contributed by atoms with Crippen LogP contribution in [0.5, 0.6) is 0 Å². The number of hydrogen-bond acceptors (Lipinski definition) is 3. The minimum atomic E-state index is 0.679. The highest BCUT2D eigenvalue weighted by molar-refractivity contribution is 5.66. The highest BCUT2D eigenvalue weighted by Crippen LogP contribution is 2.25. The van der Waals surface area contributed by atoms with Crippen LogP contribution in [-0.4, -0.2) is 15.0 Å². The number of aromatic nitrogens is 3. The maximum absolute atomic E-state index is 4.79. The van der Waals surface area contributed by atoms with E-state index in [4.69, 9.17) is 15.0 Å². The number of benzene rings is 4. The molecule has 5 aromatic rings. The SMILES string of the molecule is c1ccc(Cc2ccc(-c3nc(-c4ccccc4)nc(-c4ccccc4)n3)cc2)cc1. The van der Waals surface area contributed by atoms with Gasteiger partial charge < -0.3 is 0 Å². The van der Waals surface area contributed by atoms with Crippen LogP contribution in [0.4, 0.5) is 0 Å². The maximum Gasteiger partial charge on any atom is 0.164 e. The molecule has 0 N–H and O–H groups in total. The van der Waals surface area contributed by atoms with Crippen LogP contribution in [0.25, 0.3) is 34.2 Å². The van der Waals surface area contributed by atoms with Crippen LogP contribution in [0.2, 0.25) is 0 Å². The summed E-state index contributed by atoms with van der Waals surface area (Å²) in [5.74, 6) is 2.04. The zero-order valence-corrected chi connectivity index (χ0v) is 17.0. The molecule has 1 heterocycles. The van der Waals surface area contributed by atoms with E-state index in [1.165, 1.54) is 11.1 Å². The van der Waals surface area contributed by atoms with E-state index in [9.17, 15) is 0 Å². The van der Waals surface area contributed by atoms with Crippen molar-refractivity contribution in [2.24, 2.45) is 0 Å². The van der Waals surface area contributed by atoms with Crippen molar-refractivity contribution in [2.45, 2.75) is 6.42 Å². The minimum Gasteiger partial charge on any atom is -0.208 e. The average molecular weight is 399 g/mol. The lowest BCUT2D eigenvalue weighted by Crippen LogP contribution is -2.00. The third-order valence-electron chi connectivity index (χ3n) is 5.16. The highest BCUT2D eigenvalue weighted by atomic mass is 15.0. The van der Waals surface area contributed by atoms with Gasteiger partial charge in [-0.1, -0.05) is 115 Å². The van der Waals surface area contributed by atoms with Crippen molar-refractivity contribution in [3.05, 3.63) is 126 Å². The largest absolute Gasteiger partial charge is 0.208 e. The molecule has 3 nitrogen and oxygen atoms in total. The van der Waals surface area contributed by atoms with E-state index >= 15 is 0 Å². The Labute approximate surface area is 182 Å². The first-order chi connectivity index (χ1) is 15.3. The van der Waals surface area contributed by atoms with E-state index < -0.39 is 0 Å². The second-order valence-corrected chi connectivity index (χ2v) is 7.40. The van der Waals surface area contributed by atoms with Crippen molar-refractivity contribution in [1.29, 1.82) is 0 Å². The summed E-state index contributed by atoms with van der Waals surface area (Å²) in [6.45, 7) is 0. The molecular formula is C28H21N3. The molecule has 0 radical (unpaired) electrons. The van der Waals surface area contributed by atoms with E-state index in [2.05, 4.69) is 48.5 Å². The van der Waals surface area contributed by atoms with Crippen molar-refractivity contribution < 1.29 is 0 Å². The van der Waals surface area contributed by atoms with Crippen molar-refractivity contribution in [3.63, 3.8) is 0 Å². The van der Waals surface area contributed by atoms with Gasteiger partial charge in [0.1, 0.15) is 0 Å². The lowest BCUT2D eigenvalue weighted by atomic mass is 10.0. The molecule has 0 aliphatic rings. The third-order valence-corrected chi connectivity index (χ3v) is 5.16. The molecule has 0 unspecified atom stereocenters. The van der Waals surface area contributed by atoms with E-state index in [1.54, 1.807) is 0 Å². The first-order valence-corrected chi connectivity index (χ1v) is 10.4. The third kappa shape index (κ3) is 4.41. The zero-order chi connectivity index (χ0) is 20.9. The van der Waals surface area contributed by atoms with Gasteiger partial charge in [-0.25, -0.2) is 15.0 Å². The standard InChI is InChI=1S/C28H21N3/c1-4-10-21(11-5-1)20-22-16-18-25(19-17-22)28-30-26(23-12-6-2-7-13-23)29-27(31-28)24-14-8-3-9-15-24/h1-19H,20H2. The maximum atomic E-state index is 4.79. The predicted molar refractivity (Wildman–Crippen MR) is 125 cm³/mol. The molecular weight excluding hydrogens is 378 g/mol. The zero-order valence-electron chi connectivity index (χ0n) is 17.0. The van der Waals surface area contributed by atoms with Crippen LogP contribution < -0.4 is 0 Å². The fourth-order valence-corrected chi connectivity index (χ4v) is 3.54. The summed E-state index contributed by atoms with van der Waals surface area (Å²) in [5.41, 5.74) is 5.49. The summed E-state index contributed by atoms with van der Waals surface area (Å²) in [7, 11) is 0. The molecule has 0 atom stereocenters. The first kappa shape index (κ1) is 18.9. The smallest absolute Gasteiger partial charge is 0.164 e. The van der Waals surface area contributed by atoms with Gasteiger partial charge in [-0.05, 0) is 17.5 Å². The van der Waals surface area contributed by atoms with Gasteiger partial charge in [0, 0.05) is 16.7 Å². The molecule has 0 spiro atoms. The minimum absolute atomic E-state index is 0.679. The van der Waals surface area contributed by atoms with Crippen LogP contribution >= 0.6 is 0 Å². The topological polar surface area (TPSA) is 38.7 Å². The van der Waals surface area contributed by atoms with Gasteiger partial charge in [0.2, 0.25) is 0 Å². The van der Waals surface area contributed by atoms with Gasteiger partial charge in [-0.2, -0.15) is 0 Å². The fourth-order valence-electron chi connectivity index (χ4n) is 3.54. The summed E-state index contributed by atoms with van der Waals surface area (Å²) < 4.78 is 0. The monoisotopic (exact) mass is 399 g/mol. The highest BCUT2D eigenvalue weighted by Gasteiger charge is 2.12. The Morgan fingerprint density at radius 1 is 0.355 bits per heavy atom. The predicted octanol–water partition coefficient (Wildman–Crippen LogP) is 6.46. The van der Waals surface area contributed by atoms with Crippen LogP contribution in [0.1, 0.15) is 11.1 Å². The molecule has 0 bridgehead atoms. The molecule has 0 aliphatic carbocycles. The Kier molecular flexibility index (Phi) is 5.31. The van der Waals surface area contributed by atoms with E-state index in [0.717, 1.165) is 23.1 Å². The van der Waals surface area contributed by atoms with Crippen LogP contribution in [-0.2, 0) is 6.42 Å². The van der Waals surface area contributed by atoms with Crippen LogP contribution in [0.15, 0.2) is 115 Å². The molecule has 4 aromatic carbocycles. The van der Waals surface area contributed by atoms with E-state index in [0.29, 0.717) is 17.5 Å². The van der Waals surface area contributed by atoms with Gasteiger partial charge in [0.25, 0.3) is 0 Å². The van der Waals surface area contributed by atoms with Gasteiger partial charge in [-0.3, -0.25) is 0 Å². The summed E-state index contributed by atoms with van der Waals surface area (Å²) in [5, 5.41) is 0. The van der Waals surface area contributed by atoms with Gasteiger partial charge in [-0.15, -0.1) is 0 Å². The Balaban J connectivity index is 1.53. The molecule has 31 heavy (non-hydrogen) atoms. The van der Waals surface area contributed by atoms with Crippen molar-refractivity contribution in [1.82, 2.24) is 15.0 Å². The second kappa shape index (κ2) is 8.72. The number of nitrogens with zero attached hydrogens (tertiary/aromatic N) is 3. The lowest BCUT2D eigenvalue weighted by molar-refractivity contribution is 1.07. The Hall–Kier alpha value is -4.11. The number of hydrogen-bond donors (Lipinski definition) is 0. The van der Waals surface area contributed by atoms with Crippen LogP contribution in [0, 0.1) is 0 Å². The molecule has 0 saturated heterocycles. The molecule has 3 heteroatoms. The van der Waals surface area contributed by atoms with Crippen LogP contribution in [0.3, 0.4) is 0 Å². The molecule has 0 saturated carbocycles. The molecule has 148 valence electrons. The average Bonchev–Trinajstić information content (AvgIpc) is 2.86. The summed E-state index contributed by atoms with van der Waals surface area (Å²) >= 11 is 0. The normalized spacial score (nSPS) is 10.7. The summed E-state index contributed by atoms with van der Waals surface area (Å²) in [6, 6.07) is 39.1. The molecule has 0 amide bonds. The van der Waals surface area contributed by atoms with E-state index in [-0.39, 0.29) is 0 Å². The van der Waals surface area contributed by atoms with E-state index in [1.807, 2.05) is 66.7 Å². The summed E-state index contributed by atoms with van der Waals surface area (Å²) in [4.78, 5) is 14.3. The summed E-state index contributed by atoms with van der Waals surface area (Å²) in [6.07, 6.45) is 0.906. The van der Waals surface area contributed by atoms with Crippen molar-refractivity contribution in [2.75, 3.05) is 0 Å². The van der Waals surface area contributed by atoms with Crippen molar-refractivity contribution in [3.8, 4) is 34.2 Å². The molecule has 0 fully saturated rings. The van der Waals surface area contributed by atoms with Gasteiger partial charge in [0.15, 0.2) is 17.5 Å². The second-order valence-electron chi connectivity index (χ2n) is 7.40.